The van der Waals surface area contributed by atoms with Crippen molar-refractivity contribution in [1.82, 2.24) is 5.43 Å². The Labute approximate surface area is 95.0 Å². The summed E-state index contributed by atoms with van der Waals surface area (Å²) in [5.74, 6) is 0. The number of benzene rings is 1. The number of nitrogens with zero attached hydrogens (tertiary/aromatic N) is 1. The van der Waals surface area contributed by atoms with E-state index in [0.29, 0.717) is 0 Å². The Kier molecular flexibility index (Phi) is 5.05. The van der Waals surface area contributed by atoms with Gasteiger partial charge in [0.15, 0.2) is 0 Å². The van der Waals surface area contributed by atoms with E-state index in [2.05, 4.69) is 17.2 Å². The van der Waals surface area contributed by atoms with Crippen LogP contribution in [0.25, 0.3) is 0 Å². The smallest absolute Gasteiger partial charge is 0.425 e. The van der Waals surface area contributed by atoms with Gasteiger partial charge in [0.2, 0.25) is 0 Å². The van der Waals surface area contributed by atoms with Gasteiger partial charge in [0.05, 0.1) is 0 Å². The quantitative estimate of drug-likeness (QED) is 0.592. The van der Waals surface area contributed by atoms with Gasteiger partial charge in [-0.3, -0.25) is 0 Å². The number of aryl methyl sites for hydroxylation is 1. The summed E-state index contributed by atoms with van der Waals surface area (Å²) in [7, 11) is 0. The van der Waals surface area contributed by atoms with E-state index in [9.17, 15) is 4.79 Å². The van der Waals surface area contributed by atoms with Gasteiger partial charge >= 0.3 is 6.09 Å². The zero-order valence-corrected chi connectivity index (χ0v) is 9.31. The van der Waals surface area contributed by atoms with Gasteiger partial charge in [-0.1, -0.05) is 30.3 Å². The molecule has 1 amide bonds. The van der Waals surface area contributed by atoms with E-state index in [0.717, 1.165) is 25.0 Å². The highest BCUT2D eigenvalue weighted by Crippen LogP contribution is 2.04. The molecule has 4 heteroatoms. The number of hydrogen-bond donors (Lipinski definition) is 2. The van der Waals surface area contributed by atoms with Crippen LogP contribution < -0.4 is 5.43 Å². The standard InChI is InChI=1S/C12H16N2O2/c1-10(13-14-12(15)16)6-5-9-11-7-3-2-4-8-11/h2-4,7-8,14H,5-6,9H2,1H3,(H,15,16)/b13-10-. The number of rotatable bonds is 5. The minimum atomic E-state index is -1.12. The van der Waals surface area contributed by atoms with Crippen molar-refractivity contribution in [3.63, 3.8) is 0 Å². The first-order valence-corrected chi connectivity index (χ1v) is 5.24. The lowest BCUT2D eigenvalue weighted by atomic mass is 10.1. The van der Waals surface area contributed by atoms with Crippen LogP contribution >= 0.6 is 0 Å². The van der Waals surface area contributed by atoms with Gasteiger partial charge in [-0.2, -0.15) is 5.10 Å². The summed E-state index contributed by atoms with van der Waals surface area (Å²) in [5.41, 5.74) is 4.10. The van der Waals surface area contributed by atoms with Crippen LogP contribution in [0.2, 0.25) is 0 Å². The molecule has 0 aliphatic carbocycles. The van der Waals surface area contributed by atoms with Crippen molar-refractivity contribution in [2.75, 3.05) is 0 Å². The average Bonchev–Trinajstić information content (AvgIpc) is 2.28. The molecule has 0 spiro atoms. The van der Waals surface area contributed by atoms with Gasteiger partial charge in [0.1, 0.15) is 0 Å². The number of hydrazone groups is 1. The van der Waals surface area contributed by atoms with E-state index < -0.39 is 6.09 Å². The molecule has 2 N–H and O–H groups in total. The SMILES string of the molecule is C/C(CCCc1ccccc1)=N/NC(=O)O. The van der Waals surface area contributed by atoms with Crippen molar-refractivity contribution in [2.45, 2.75) is 26.2 Å². The number of carbonyl (C=O) groups is 1. The van der Waals surface area contributed by atoms with Gasteiger partial charge in [-0.15, -0.1) is 0 Å². The van der Waals surface area contributed by atoms with Crippen LogP contribution in [-0.2, 0) is 6.42 Å². The highest BCUT2D eigenvalue weighted by atomic mass is 16.4. The van der Waals surface area contributed by atoms with E-state index in [1.807, 2.05) is 30.5 Å². The Morgan fingerprint density at radius 1 is 1.38 bits per heavy atom. The summed E-state index contributed by atoms with van der Waals surface area (Å²) < 4.78 is 0. The summed E-state index contributed by atoms with van der Waals surface area (Å²) in [4.78, 5) is 10.2. The summed E-state index contributed by atoms with van der Waals surface area (Å²) in [5, 5.41) is 12.1. The maximum Gasteiger partial charge on any atom is 0.425 e. The largest absolute Gasteiger partial charge is 0.464 e. The third kappa shape index (κ3) is 5.14. The predicted octanol–water partition coefficient (Wildman–Crippen LogP) is 2.65. The van der Waals surface area contributed by atoms with Crippen molar-refractivity contribution in [3.05, 3.63) is 35.9 Å². The lowest BCUT2D eigenvalue weighted by molar-refractivity contribution is 0.195. The number of carboxylic acid groups (broad SMARTS) is 1. The highest BCUT2D eigenvalue weighted by Gasteiger charge is 1.96. The van der Waals surface area contributed by atoms with Crippen LogP contribution in [0.1, 0.15) is 25.3 Å². The molecule has 0 fully saturated rings. The second-order valence-electron chi connectivity index (χ2n) is 3.60. The van der Waals surface area contributed by atoms with Crippen LogP contribution in [0.4, 0.5) is 4.79 Å². The molecular weight excluding hydrogens is 204 g/mol. The Balaban J connectivity index is 2.25. The van der Waals surface area contributed by atoms with Crippen LogP contribution in [-0.4, -0.2) is 16.9 Å². The molecule has 86 valence electrons. The van der Waals surface area contributed by atoms with Crippen LogP contribution in [0.5, 0.6) is 0 Å². The maximum atomic E-state index is 10.2. The third-order valence-corrected chi connectivity index (χ3v) is 2.19. The van der Waals surface area contributed by atoms with Crippen molar-refractivity contribution >= 4 is 11.8 Å². The van der Waals surface area contributed by atoms with Gasteiger partial charge in [0, 0.05) is 5.71 Å². The van der Waals surface area contributed by atoms with Gasteiger partial charge < -0.3 is 5.11 Å². The molecule has 1 aromatic rings. The van der Waals surface area contributed by atoms with Gasteiger partial charge in [0.25, 0.3) is 0 Å². The Morgan fingerprint density at radius 3 is 2.69 bits per heavy atom. The third-order valence-electron chi connectivity index (χ3n) is 2.19. The zero-order valence-electron chi connectivity index (χ0n) is 9.31. The average molecular weight is 220 g/mol. The van der Waals surface area contributed by atoms with Crippen LogP contribution in [0, 0.1) is 0 Å². The summed E-state index contributed by atoms with van der Waals surface area (Å²) in [6.45, 7) is 1.82. The van der Waals surface area contributed by atoms with E-state index in [1.165, 1.54) is 5.56 Å². The minimum absolute atomic E-state index is 0.801. The van der Waals surface area contributed by atoms with E-state index in [4.69, 9.17) is 5.11 Å². The molecule has 0 bridgehead atoms. The molecular formula is C12H16N2O2. The van der Waals surface area contributed by atoms with Crippen LogP contribution in [0.3, 0.4) is 0 Å². The first-order valence-electron chi connectivity index (χ1n) is 5.24. The van der Waals surface area contributed by atoms with E-state index >= 15 is 0 Å². The Bertz CT molecular complexity index is 361. The fraction of sp³-hybridized carbons (Fsp3) is 0.333. The molecule has 0 aliphatic rings. The van der Waals surface area contributed by atoms with Crippen molar-refractivity contribution in [1.29, 1.82) is 0 Å². The Hall–Kier alpha value is -1.84. The Morgan fingerprint density at radius 2 is 2.06 bits per heavy atom. The second-order valence-corrected chi connectivity index (χ2v) is 3.60. The molecule has 0 aromatic heterocycles. The summed E-state index contributed by atoms with van der Waals surface area (Å²) >= 11 is 0. The molecule has 0 heterocycles. The lowest BCUT2D eigenvalue weighted by Crippen LogP contribution is -2.15. The molecule has 0 saturated heterocycles. The number of amides is 1. The predicted molar refractivity (Wildman–Crippen MR) is 63.6 cm³/mol. The molecule has 4 nitrogen and oxygen atoms in total. The van der Waals surface area contributed by atoms with Gasteiger partial charge in [-0.25, -0.2) is 10.2 Å². The highest BCUT2D eigenvalue weighted by molar-refractivity contribution is 5.82. The lowest BCUT2D eigenvalue weighted by Gasteiger charge is -2.01. The topological polar surface area (TPSA) is 61.7 Å². The molecule has 0 radical (unpaired) electrons. The molecule has 0 unspecified atom stereocenters. The maximum absolute atomic E-state index is 10.2. The fourth-order valence-electron chi connectivity index (χ4n) is 1.39. The fourth-order valence-corrected chi connectivity index (χ4v) is 1.39. The number of nitrogens with one attached hydrogen (secondary N) is 1. The minimum Gasteiger partial charge on any atom is -0.464 e. The molecule has 0 aliphatic heterocycles. The molecule has 0 saturated carbocycles. The number of hydrogen-bond acceptors (Lipinski definition) is 2. The first-order chi connectivity index (χ1) is 7.68. The summed E-state index contributed by atoms with van der Waals surface area (Å²) in [6, 6.07) is 10.2. The molecule has 0 atom stereocenters. The van der Waals surface area contributed by atoms with Crippen molar-refractivity contribution in [3.8, 4) is 0 Å². The summed E-state index contributed by atoms with van der Waals surface area (Å²) in [6.07, 6.45) is 1.64. The van der Waals surface area contributed by atoms with Gasteiger partial charge in [-0.05, 0) is 31.7 Å². The van der Waals surface area contributed by atoms with E-state index in [-0.39, 0.29) is 0 Å². The second kappa shape index (κ2) is 6.61. The molecule has 16 heavy (non-hydrogen) atoms. The van der Waals surface area contributed by atoms with Crippen LogP contribution in [0.15, 0.2) is 35.4 Å². The normalized spacial score (nSPS) is 11.2. The van der Waals surface area contributed by atoms with E-state index in [1.54, 1.807) is 0 Å². The zero-order chi connectivity index (χ0) is 11.8. The van der Waals surface area contributed by atoms with Crippen molar-refractivity contribution < 1.29 is 9.90 Å². The first kappa shape index (κ1) is 12.2. The molecule has 1 rings (SSSR count). The molecule has 1 aromatic carbocycles. The van der Waals surface area contributed by atoms with Crippen molar-refractivity contribution in [2.24, 2.45) is 5.10 Å². The monoisotopic (exact) mass is 220 g/mol.